The first-order valence-corrected chi connectivity index (χ1v) is 5.62. The number of amides is 1. The fraction of sp³-hybridized carbons (Fsp3) is 0.455. The van der Waals surface area contributed by atoms with Gasteiger partial charge in [-0.3, -0.25) is 9.59 Å². The first-order chi connectivity index (χ1) is 8.84. The number of H-pyrrole nitrogens is 1. The molecule has 1 aromatic rings. The van der Waals surface area contributed by atoms with Crippen LogP contribution in [0.3, 0.4) is 0 Å². The maximum atomic E-state index is 12.1. The number of rotatable bonds is 6. The van der Waals surface area contributed by atoms with Gasteiger partial charge in [-0.15, -0.1) is 0 Å². The van der Waals surface area contributed by atoms with Crippen LogP contribution < -0.4 is 11.1 Å². The van der Waals surface area contributed by atoms with E-state index >= 15 is 0 Å². The van der Waals surface area contributed by atoms with Gasteiger partial charge in [0.1, 0.15) is 6.04 Å². The van der Waals surface area contributed by atoms with E-state index in [1.807, 2.05) is 0 Å². The van der Waals surface area contributed by atoms with Gasteiger partial charge in [-0.25, -0.2) is 9.78 Å². The number of nitrogens with zero attached hydrogens (tertiary/aromatic N) is 1. The predicted octanol–water partition coefficient (Wildman–Crippen LogP) is -1.00. The largest absolute Gasteiger partial charge is 0.480 e. The zero-order valence-corrected chi connectivity index (χ0v) is 10.6. The standard InChI is InChI=1S/C11H16N4O4/c1-5(12)10(17)8(7-3-13-4-14-7)9(11(18)19)15-6(2)16/h3-5,8-9H,12H2,1-2H3,(H,13,14)(H,15,16)(H,18,19)/t5-,8?,9-/m0/s1. The molecule has 0 bridgehead atoms. The number of Topliss-reactive ketones (excluding diaryl/α,β-unsaturated/α-hetero) is 1. The molecule has 5 N–H and O–H groups in total. The highest BCUT2D eigenvalue weighted by atomic mass is 16.4. The quantitative estimate of drug-likeness (QED) is 0.522. The van der Waals surface area contributed by atoms with Gasteiger partial charge < -0.3 is 21.1 Å². The molecule has 0 radical (unpaired) electrons. The van der Waals surface area contributed by atoms with E-state index in [-0.39, 0.29) is 0 Å². The fourth-order valence-corrected chi connectivity index (χ4v) is 1.72. The average molecular weight is 268 g/mol. The number of nitrogens with one attached hydrogen (secondary N) is 2. The van der Waals surface area contributed by atoms with Crippen LogP contribution in [0.1, 0.15) is 25.5 Å². The summed E-state index contributed by atoms with van der Waals surface area (Å²) in [5.74, 6) is -3.47. The highest BCUT2D eigenvalue weighted by Crippen LogP contribution is 2.20. The van der Waals surface area contributed by atoms with Crippen molar-refractivity contribution in [3.8, 4) is 0 Å². The molecule has 1 unspecified atom stereocenters. The van der Waals surface area contributed by atoms with Gasteiger partial charge >= 0.3 is 5.97 Å². The second kappa shape index (κ2) is 6.10. The Hall–Kier alpha value is -2.22. The summed E-state index contributed by atoms with van der Waals surface area (Å²) in [6.07, 6.45) is 2.66. The summed E-state index contributed by atoms with van der Waals surface area (Å²) < 4.78 is 0. The van der Waals surface area contributed by atoms with Crippen molar-refractivity contribution in [1.29, 1.82) is 0 Å². The highest BCUT2D eigenvalue weighted by molar-refractivity contribution is 5.96. The minimum Gasteiger partial charge on any atom is -0.480 e. The van der Waals surface area contributed by atoms with E-state index in [2.05, 4.69) is 15.3 Å². The number of carbonyl (C=O) groups excluding carboxylic acids is 2. The lowest BCUT2D eigenvalue weighted by atomic mass is 9.88. The van der Waals surface area contributed by atoms with Crippen LogP contribution in [0.5, 0.6) is 0 Å². The molecule has 104 valence electrons. The van der Waals surface area contributed by atoms with Crippen LogP contribution in [0.4, 0.5) is 0 Å². The third-order valence-corrected chi connectivity index (χ3v) is 2.57. The summed E-state index contributed by atoms with van der Waals surface area (Å²) in [5.41, 5.74) is 5.82. The molecular formula is C11H16N4O4. The number of carbonyl (C=O) groups is 3. The molecule has 0 fully saturated rings. The number of aliphatic carboxylic acids is 1. The molecule has 8 nitrogen and oxygen atoms in total. The van der Waals surface area contributed by atoms with Gasteiger partial charge in [0, 0.05) is 18.8 Å². The topological polar surface area (TPSA) is 138 Å². The predicted molar refractivity (Wildman–Crippen MR) is 65.2 cm³/mol. The van der Waals surface area contributed by atoms with E-state index in [4.69, 9.17) is 5.73 Å². The van der Waals surface area contributed by atoms with Gasteiger partial charge in [-0.05, 0) is 6.92 Å². The number of hydrogen-bond acceptors (Lipinski definition) is 5. The zero-order valence-electron chi connectivity index (χ0n) is 10.6. The molecule has 0 aliphatic rings. The Bertz CT molecular complexity index is 469. The molecule has 3 atom stereocenters. The van der Waals surface area contributed by atoms with Crippen LogP contribution in [0, 0.1) is 0 Å². The summed E-state index contributed by atoms with van der Waals surface area (Å²) in [6.45, 7) is 2.63. The first-order valence-electron chi connectivity index (χ1n) is 5.62. The van der Waals surface area contributed by atoms with Crippen molar-refractivity contribution in [2.45, 2.75) is 31.8 Å². The second-order valence-corrected chi connectivity index (χ2v) is 4.19. The molecular weight excluding hydrogens is 252 g/mol. The van der Waals surface area contributed by atoms with Crippen LogP contribution in [0.25, 0.3) is 0 Å². The van der Waals surface area contributed by atoms with E-state index in [0.717, 1.165) is 0 Å². The summed E-state index contributed by atoms with van der Waals surface area (Å²) in [6, 6.07) is -2.25. The third-order valence-electron chi connectivity index (χ3n) is 2.57. The maximum Gasteiger partial charge on any atom is 0.327 e. The van der Waals surface area contributed by atoms with Crippen molar-refractivity contribution in [3.05, 3.63) is 18.2 Å². The number of ketones is 1. The van der Waals surface area contributed by atoms with E-state index < -0.39 is 35.7 Å². The molecule has 0 aromatic carbocycles. The molecule has 0 saturated carbocycles. The first kappa shape index (κ1) is 14.8. The van der Waals surface area contributed by atoms with Crippen LogP contribution in [-0.2, 0) is 14.4 Å². The summed E-state index contributed by atoms with van der Waals surface area (Å²) in [4.78, 5) is 40.9. The third kappa shape index (κ3) is 3.62. The number of carboxylic acid groups (broad SMARTS) is 1. The fourth-order valence-electron chi connectivity index (χ4n) is 1.72. The molecule has 0 saturated heterocycles. The molecule has 1 rings (SSSR count). The molecule has 0 aliphatic heterocycles. The molecule has 1 amide bonds. The zero-order chi connectivity index (χ0) is 14.6. The Balaban J connectivity index is 3.17. The Morgan fingerprint density at radius 1 is 1.47 bits per heavy atom. The second-order valence-electron chi connectivity index (χ2n) is 4.19. The molecule has 1 heterocycles. The minimum atomic E-state index is -1.39. The Morgan fingerprint density at radius 2 is 2.11 bits per heavy atom. The molecule has 0 spiro atoms. The van der Waals surface area contributed by atoms with Crippen LogP contribution in [0.2, 0.25) is 0 Å². The molecule has 8 heteroatoms. The van der Waals surface area contributed by atoms with Crippen LogP contribution >= 0.6 is 0 Å². The minimum absolute atomic E-state index is 0.295. The summed E-state index contributed by atoms with van der Waals surface area (Å²) >= 11 is 0. The summed E-state index contributed by atoms with van der Waals surface area (Å²) in [7, 11) is 0. The molecule has 1 aromatic heterocycles. The normalized spacial score (nSPS) is 15.3. The Morgan fingerprint density at radius 3 is 2.47 bits per heavy atom. The number of carboxylic acids is 1. The van der Waals surface area contributed by atoms with Crippen molar-refractivity contribution < 1.29 is 19.5 Å². The smallest absolute Gasteiger partial charge is 0.327 e. The van der Waals surface area contributed by atoms with Crippen molar-refractivity contribution >= 4 is 17.7 Å². The van der Waals surface area contributed by atoms with Crippen LogP contribution in [0.15, 0.2) is 12.5 Å². The maximum absolute atomic E-state index is 12.1. The van der Waals surface area contributed by atoms with Crippen molar-refractivity contribution in [2.24, 2.45) is 5.73 Å². The van der Waals surface area contributed by atoms with Crippen molar-refractivity contribution in [2.75, 3.05) is 0 Å². The van der Waals surface area contributed by atoms with Crippen molar-refractivity contribution in [1.82, 2.24) is 15.3 Å². The van der Waals surface area contributed by atoms with Gasteiger partial charge in [-0.2, -0.15) is 0 Å². The molecule has 19 heavy (non-hydrogen) atoms. The number of imidazole rings is 1. The van der Waals surface area contributed by atoms with Gasteiger partial charge in [-0.1, -0.05) is 0 Å². The number of nitrogens with two attached hydrogens (primary N) is 1. The number of hydrogen-bond donors (Lipinski definition) is 4. The Labute approximate surface area is 109 Å². The van der Waals surface area contributed by atoms with Crippen molar-refractivity contribution in [3.63, 3.8) is 0 Å². The highest BCUT2D eigenvalue weighted by Gasteiger charge is 2.37. The Kier molecular flexibility index (Phi) is 4.76. The van der Waals surface area contributed by atoms with Crippen LogP contribution in [-0.4, -0.2) is 44.8 Å². The average Bonchev–Trinajstić information content (AvgIpc) is 2.80. The van der Waals surface area contributed by atoms with E-state index in [0.29, 0.717) is 5.69 Å². The van der Waals surface area contributed by atoms with E-state index in [9.17, 15) is 19.5 Å². The molecule has 0 aliphatic carbocycles. The van der Waals surface area contributed by atoms with E-state index in [1.54, 1.807) is 0 Å². The van der Waals surface area contributed by atoms with Gasteiger partial charge in [0.2, 0.25) is 5.91 Å². The lowest BCUT2D eigenvalue weighted by Crippen LogP contribution is -2.49. The van der Waals surface area contributed by atoms with Gasteiger partial charge in [0.05, 0.1) is 18.3 Å². The van der Waals surface area contributed by atoms with Gasteiger partial charge in [0.15, 0.2) is 5.78 Å². The van der Waals surface area contributed by atoms with Gasteiger partial charge in [0.25, 0.3) is 0 Å². The number of aromatic amines is 1. The monoisotopic (exact) mass is 268 g/mol. The lowest BCUT2D eigenvalue weighted by molar-refractivity contribution is -0.144. The summed E-state index contributed by atoms with van der Waals surface area (Å²) in [5, 5.41) is 11.4. The van der Waals surface area contributed by atoms with E-state index in [1.165, 1.54) is 26.4 Å². The lowest BCUT2D eigenvalue weighted by Gasteiger charge is -2.23. The number of aromatic nitrogens is 2. The SMILES string of the molecule is CC(=O)N[C@H](C(=O)O)C(C(=O)[C@H](C)N)c1cnc[nH]1.